The first-order valence-corrected chi connectivity index (χ1v) is 6.91. The van der Waals surface area contributed by atoms with Crippen molar-refractivity contribution in [1.82, 2.24) is 9.88 Å². The van der Waals surface area contributed by atoms with Crippen LogP contribution in [0.1, 0.15) is 18.7 Å². The number of aliphatic hydroxyl groups excluding tert-OH is 1. The van der Waals surface area contributed by atoms with Gasteiger partial charge in [0.1, 0.15) is 5.82 Å². The highest BCUT2D eigenvalue weighted by Gasteiger charge is 2.26. The first-order valence-electron chi connectivity index (χ1n) is 6.91. The van der Waals surface area contributed by atoms with Crippen molar-refractivity contribution in [1.29, 1.82) is 0 Å². The van der Waals surface area contributed by atoms with Gasteiger partial charge in [0.2, 0.25) is 0 Å². The maximum Gasteiger partial charge on any atom is 0.141 e. The van der Waals surface area contributed by atoms with Crippen LogP contribution in [0, 0.1) is 11.7 Å². The van der Waals surface area contributed by atoms with Gasteiger partial charge in [0.05, 0.1) is 43.8 Å². The Morgan fingerprint density at radius 2 is 2.40 bits per heavy atom. The Morgan fingerprint density at radius 3 is 3.05 bits per heavy atom. The van der Waals surface area contributed by atoms with Crippen LogP contribution in [0.15, 0.2) is 18.3 Å². The summed E-state index contributed by atoms with van der Waals surface area (Å²) in [6, 6.07) is 2.77. The van der Waals surface area contributed by atoms with Crippen LogP contribution < -0.4 is 5.73 Å². The van der Waals surface area contributed by atoms with Crippen LogP contribution in [0.3, 0.4) is 0 Å². The zero-order valence-corrected chi connectivity index (χ0v) is 11.7. The fraction of sp³-hybridized carbons (Fsp3) is 0.643. The summed E-state index contributed by atoms with van der Waals surface area (Å²) in [5.74, 6) is -0.206. The molecule has 3 unspecified atom stereocenters. The van der Waals surface area contributed by atoms with Gasteiger partial charge in [0.25, 0.3) is 0 Å². The van der Waals surface area contributed by atoms with Gasteiger partial charge in [0, 0.05) is 13.1 Å². The molecule has 0 aliphatic carbocycles. The number of aromatic nitrogens is 1. The molecule has 2 heterocycles. The Kier molecular flexibility index (Phi) is 5.42. The fourth-order valence-corrected chi connectivity index (χ4v) is 2.46. The average Bonchev–Trinajstić information content (AvgIpc) is 2.48. The van der Waals surface area contributed by atoms with Gasteiger partial charge in [-0.2, -0.15) is 0 Å². The first-order chi connectivity index (χ1) is 9.61. The number of morpholine rings is 1. The van der Waals surface area contributed by atoms with Gasteiger partial charge in [-0.1, -0.05) is 6.92 Å². The van der Waals surface area contributed by atoms with Gasteiger partial charge >= 0.3 is 0 Å². The van der Waals surface area contributed by atoms with Gasteiger partial charge in [-0.05, 0) is 18.1 Å². The molecule has 1 aromatic heterocycles. The van der Waals surface area contributed by atoms with E-state index in [1.807, 2.05) is 6.92 Å². The molecule has 1 fully saturated rings. The van der Waals surface area contributed by atoms with Gasteiger partial charge in [-0.3, -0.25) is 9.88 Å². The number of nitrogens with zero attached hydrogens (tertiary/aromatic N) is 2. The highest BCUT2D eigenvalue weighted by Crippen LogP contribution is 2.20. The van der Waals surface area contributed by atoms with Crippen LogP contribution in [0.2, 0.25) is 0 Å². The molecule has 0 saturated carbocycles. The molecule has 112 valence electrons. The fourth-order valence-electron chi connectivity index (χ4n) is 2.46. The van der Waals surface area contributed by atoms with Crippen molar-refractivity contribution in [2.75, 3.05) is 32.9 Å². The second-order valence-electron chi connectivity index (χ2n) is 5.31. The maximum atomic E-state index is 12.9. The second-order valence-corrected chi connectivity index (χ2v) is 5.31. The lowest BCUT2D eigenvalue weighted by Crippen LogP contribution is -2.49. The number of ether oxygens (including phenoxy) is 1. The number of aliphatic hydroxyl groups is 1. The van der Waals surface area contributed by atoms with E-state index < -0.39 is 0 Å². The molecule has 0 radical (unpaired) electrons. The molecule has 1 aliphatic heterocycles. The topological polar surface area (TPSA) is 71.6 Å². The van der Waals surface area contributed by atoms with E-state index in [9.17, 15) is 9.50 Å². The Balaban J connectivity index is 1.96. The average molecular weight is 283 g/mol. The molecular weight excluding hydrogens is 261 g/mol. The molecule has 1 saturated heterocycles. The van der Waals surface area contributed by atoms with Crippen molar-refractivity contribution in [2.45, 2.75) is 19.0 Å². The summed E-state index contributed by atoms with van der Waals surface area (Å²) in [6.45, 7) is 4.89. The number of hydrogen-bond acceptors (Lipinski definition) is 5. The van der Waals surface area contributed by atoms with Crippen LogP contribution in [-0.2, 0) is 4.74 Å². The highest BCUT2D eigenvalue weighted by atomic mass is 19.1. The van der Waals surface area contributed by atoms with Crippen LogP contribution >= 0.6 is 0 Å². The van der Waals surface area contributed by atoms with E-state index in [0.29, 0.717) is 18.9 Å². The van der Waals surface area contributed by atoms with Crippen molar-refractivity contribution in [2.24, 2.45) is 11.7 Å². The van der Waals surface area contributed by atoms with Crippen molar-refractivity contribution in [3.8, 4) is 0 Å². The zero-order chi connectivity index (χ0) is 14.5. The molecule has 0 amide bonds. The second kappa shape index (κ2) is 7.08. The third-order valence-corrected chi connectivity index (χ3v) is 3.79. The third-order valence-electron chi connectivity index (χ3n) is 3.79. The van der Waals surface area contributed by atoms with E-state index in [2.05, 4.69) is 9.88 Å². The lowest BCUT2D eigenvalue weighted by atomic mass is 9.97. The Morgan fingerprint density at radius 1 is 1.60 bits per heavy atom. The molecule has 3 atom stereocenters. The predicted molar refractivity (Wildman–Crippen MR) is 73.6 cm³/mol. The quantitative estimate of drug-likeness (QED) is 0.826. The van der Waals surface area contributed by atoms with E-state index >= 15 is 0 Å². The van der Waals surface area contributed by atoms with E-state index in [0.717, 1.165) is 13.1 Å². The summed E-state index contributed by atoms with van der Waals surface area (Å²) >= 11 is 0. The summed E-state index contributed by atoms with van der Waals surface area (Å²) in [5, 5.41) is 9.35. The van der Waals surface area contributed by atoms with Gasteiger partial charge in [-0.25, -0.2) is 4.39 Å². The summed E-state index contributed by atoms with van der Waals surface area (Å²) in [6.07, 6.45) is 1.19. The zero-order valence-electron chi connectivity index (χ0n) is 11.7. The van der Waals surface area contributed by atoms with Crippen LogP contribution in [0.5, 0.6) is 0 Å². The molecule has 3 N–H and O–H groups in total. The maximum absolute atomic E-state index is 12.9. The van der Waals surface area contributed by atoms with Crippen molar-refractivity contribution in [3.05, 3.63) is 29.8 Å². The number of hydrogen-bond donors (Lipinski definition) is 2. The lowest BCUT2D eigenvalue weighted by Gasteiger charge is -2.37. The van der Waals surface area contributed by atoms with Gasteiger partial charge in [-0.15, -0.1) is 0 Å². The largest absolute Gasteiger partial charge is 0.395 e. The molecule has 0 aromatic carbocycles. The van der Waals surface area contributed by atoms with Crippen LogP contribution in [-0.4, -0.2) is 53.9 Å². The molecule has 5 nitrogen and oxygen atoms in total. The van der Waals surface area contributed by atoms with Crippen LogP contribution in [0.25, 0.3) is 0 Å². The minimum atomic E-state index is -0.359. The molecule has 0 spiro atoms. The van der Waals surface area contributed by atoms with E-state index in [1.54, 1.807) is 6.07 Å². The van der Waals surface area contributed by atoms with Crippen molar-refractivity contribution >= 4 is 0 Å². The molecule has 1 aliphatic rings. The van der Waals surface area contributed by atoms with E-state index in [4.69, 9.17) is 10.5 Å². The standard InChI is InChI=1S/C14H22FN3O2/c1-10(7-18-4-5-20-9-12(18)8-19)14(16)13-3-2-11(15)6-17-13/h2-3,6,10,12,14,19H,4-5,7-9,16H2,1H3. The number of nitrogens with two attached hydrogens (primary N) is 1. The summed E-state index contributed by atoms with van der Waals surface area (Å²) in [5.41, 5.74) is 6.87. The van der Waals surface area contributed by atoms with Gasteiger partial charge in [0.15, 0.2) is 0 Å². The van der Waals surface area contributed by atoms with Crippen molar-refractivity contribution in [3.63, 3.8) is 0 Å². The summed E-state index contributed by atoms with van der Waals surface area (Å²) in [4.78, 5) is 6.23. The van der Waals surface area contributed by atoms with Gasteiger partial charge < -0.3 is 15.6 Å². The Bertz CT molecular complexity index is 415. The highest BCUT2D eigenvalue weighted by molar-refractivity contribution is 5.10. The third kappa shape index (κ3) is 3.73. The molecule has 2 rings (SSSR count). The minimum absolute atomic E-state index is 0.0274. The molecule has 0 bridgehead atoms. The lowest BCUT2D eigenvalue weighted by molar-refractivity contribution is -0.0338. The first kappa shape index (κ1) is 15.3. The predicted octanol–water partition coefficient (Wildman–Crippen LogP) is 0.550. The summed E-state index contributed by atoms with van der Waals surface area (Å²) < 4.78 is 18.2. The Hall–Kier alpha value is -1.08. The normalized spacial score (nSPS) is 23.5. The SMILES string of the molecule is CC(CN1CCOCC1CO)C(N)c1ccc(F)cn1. The number of pyridine rings is 1. The number of rotatable bonds is 5. The molecule has 6 heteroatoms. The van der Waals surface area contributed by atoms with E-state index in [1.165, 1.54) is 12.3 Å². The van der Waals surface area contributed by atoms with Crippen LogP contribution in [0.4, 0.5) is 4.39 Å². The smallest absolute Gasteiger partial charge is 0.141 e. The number of halogens is 1. The minimum Gasteiger partial charge on any atom is -0.395 e. The van der Waals surface area contributed by atoms with E-state index in [-0.39, 0.29) is 30.4 Å². The molecule has 1 aromatic rings. The molecule has 20 heavy (non-hydrogen) atoms. The monoisotopic (exact) mass is 283 g/mol. The molecular formula is C14H22FN3O2. The van der Waals surface area contributed by atoms with Crippen molar-refractivity contribution < 1.29 is 14.2 Å². The Labute approximate surface area is 118 Å². The summed E-state index contributed by atoms with van der Waals surface area (Å²) in [7, 11) is 0.